The topological polar surface area (TPSA) is 79.2 Å². The highest BCUT2D eigenvalue weighted by atomic mass is 16.5. The van der Waals surface area contributed by atoms with E-state index in [1.54, 1.807) is 14.2 Å². The molecule has 4 rings (SSSR count). The van der Waals surface area contributed by atoms with Crippen molar-refractivity contribution >= 4 is 5.78 Å². The van der Waals surface area contributed by atoms with Gasteiger partial charge < -0.3 is 19.7 Å². The lowest BCUT2D eigenvalue weighted by atomic mass is 9.49. The number of likely N-dealkylation sites (N-methyl/N-ethyl adjacent to an activating group) is 1. The molecule has 4 fully saturated rings. The molecule has 6 nitrogen and oxygen atoms in total. The Morgan fingerprint density at radius 1 is 1.00 bits per heavy atom. The predicted octanol–water partition coefficient (Wildman–Crippen LogP) is 0.304. The van der Waals surface area contributed by atoms with Gasteiger partial charge in [-0.05, 0) is 50.6 Å². The molecule has 0 amide bonds. The maximum absolute atomic E-state index is 13.3. The van der Waals surface area contributed by atoms with Crippen LogP contribution in [0.2, 0.25) is 0 Å². The van der Waals surface area contributed by atoms with E-state index in [0.29, 0.717) is 0 Å². The van der Waals surface area contributed by atoms with Crippen molar-refractivity contribution in [3.05, 3.63) is 0 Å². The highest BCUT2D eigenvalue weighted by Gasteiger charge is 2.64. The van der Waals surface area contributed by atoms with Crippen LogP contribution >= 0.6 is 0 Å². The van der Waals surface area contributed by atoms with Crippen LogP contribution in [0.15, 0.2) is 0 Å². The van der Waals surface area contributed by atoms with Crippen LogP contribution < -0.4 is 0 Å². The third-order valence-electron chi connectivity index (χ3n) is 7.64. The molecule has 0 radical (unpaired) electrons. The molecule has 0 aromatic heterocycles. The fourth-order valence-corrected chi connectivity index (χ4v) is 6.73. The number of methoxy groups -OCH3 is 2. The number of carbonyl (C=O) groups is 1. The lowest BCUT2D eigenvalue weighted by molar-refractivity contribution is -0.235. The van der Waals surface area contributed by atoms with Gasteiger partial charge in [-0.15, -0.1) is 0 Å². The van der Waals surface area contributed by atoms with E-state index in [1.165, 1.54) is 0 Å². The van der Waals surface area contributed by atoms with E-state index >= 15 is 0 Å². The number of likely N-dealkylation sites (tertiary alicyclic amines) is 1. The molecule has 10 atom stereocenters. The maximum Gasteiger partial charge on any atom is 0.153 e. The van der Waals surface area contributed by atoms with Crippen molar-refractivity contribution in [2.24, 2.45) is 29.6 Å². The molecule has 10 unspecified atom stereocenters. The lowest BCUT2D eigenvalue weighted by Crippen LogP contribution is -2.72. The summed E-state index contributed by atoms with van der Waals surface area (Å²) in [6.07, 6.45) is 1.55. The van der Waals surface area contributed by atoms with Crippen molar-refractivity contribution in [2.45, 2.75) is 56.1 Å². The fraction of sp³-hybridized carbons (Fsp3) is 0.947. The number of ketones is 1. The number of fused-ring (bicyclic) bond motifs is 2. The first kappa shape index (κ1) is 17.9. The van der Waals surface area contributed by atoms with Crippen molar-refractivity contribution in [1.29, 1.82) is 0 Å². The highest BCUT2D eigenvalue weighted by Crippen LogP contribution is 2.55. The minimum Gasteiger partial charge on any atom is -0.393 e. The van der Waals surface area contributed by atoms with Gasteiger partial charge in [-0.2, -0.15) is 0 Å². The Hall–Kier alpha value is -0.530. The van der Waals surface area contributed by atoms with Gasteiger partial charge in [0, 0.05) is 26.1 Å². The number of hydrogen-bond acceptors (Lipinski definition) is 6. The lowest BCUT2D eigenvalue weighted by Gasteiger charge is -2.62. The number of ether oxygens (including phenoxy) is 2. The van der Waals surface area contributed by atoms with E-state index < -0.39 is 18.3 Å². The van der Waals surface area contributed by atoms with Gasteiger partial charge in [0.15, 0.2) is 5.78 Å². The van der Waals surface area contributed by atoms with Gasteiger partial charge in [0.25, 0.3) is 0 Å². The molecule has 2 N–H and O–H groups in total. The molecule has 1 aliphatic heterocycles. The minimum atomic E-state index is -0.710. The predicted molar refractivity (Wildman–Crippen MR) is 91.0 cm³/mol. The molecular weight excluding hydrogens is 322 g/mol. The van der Waals surface area contributed by atoms with Gasteiger partial charge in [0.1, 0.15) is 6.10 Å². The molecule has 142 valence electrons. The monoisotopic (exact) mass is 353 g/mol. The van der Waals surface area contributed by atoms with Crippen LogP contribution in [0.1, 0.15) is 25.7 Å². The molecule has 0 spiro atoms. The molecule has 0 aromatic carbocycles. The van der Waals surface area contributed by atoms with Crippen LogP contribution in [0.5, 0.6) is 0 Å². The summed E-state index contributed by atoms with van der Waals surface area (Å²) in [4.78, 5) is 15.5. The zero-order valence-electron chi connectivity index (χ0n) is 15.4. The number of Topliss-reactive ketones (excluding diaryl/α,β-unsaturated/α-hetero) is 1. The molecule has 3 aliphatic carbocycles. The van der Waals surface area contributed by atoms with Crippen LogP contribution in [0, 0.1) is 29.6 Å². The van der Waals surface area contributed by atoms with E-state index in [2.05, 4.69) is 4.90 Å². The standard InChI is InChI=1S/C19H31NO5/c1-20-8-7-10-13-14(17(23)19(25-3)18(10)24-2)12-9(16(22)15(13)20)5-4-6-11(12)21/h9-15,17-19,21,23H,4-8H2,1-3H3. The first-order valence-corrected chi connectivity index (χ1v) is 9.67. The molecule has 1 heterocycles. The van der Waals surface area contributed by atoms with E-state index in [-0.39, 0.29) is 47.5 Å². The van der Waals surface area contributed by atoms with Crippen molar-refractivity contribution in [2.75, 3.05) is 27.8 Å². The number of carbonyl (C=O) groups excluding carboxylic acids is 1. The molecule has 3 saturated carbocycles. The van der Waals surface area contributed by atoms with Crippen molar-refractivity contribution in [3.63, 3.8) is 0 Å². The zero-order valence-corrected chi connectivity index (χ0v) is 15.4. The van der Waals surface area contributed by atoms with E-state index in [0.717, 1.165) is 32.2 Å². The second-order valence-corrected chi connectivity index (χ2v) is 8.51. The largest absolute Gasteiger partial charge is 0.393 e. The van der Waals surface area contributed by atoms with E-state index in [4.69, 9.17) is 9.47 Å². The van der Waals surface area contributed by atoms with E-state index in [1.807, 2.05) is 7.05 Å². The van der Waals surface area contributed by atoms with Crippen molar-refractivity contribution in [1.82, 2.24) is 4.90 Å². The van der Waals surface area contributed by atoms with Crippen LogP contribution in [-0.2, 0) is 14.3 Å². The van der Waals surface area contributed by atoms with Gasteiger partial charge in [-0.1, -0.05) is 6.42 Å². The van der Waals surface area contributed by atoms with Crippen molar-refractivity contribution in [3.8, 4) is 0 Å². The summed E-state index contributed by atoms with van der Waals surface area (Å²) in [6.45, 7) is 0.858. The number of nitrogens with zero attached hydrogens (tertiary/aromatic N) is 1. The second-order valence-electron chi connectivity index (χ2n) is 8.51. The van der Waals surface area contributed by atoms with Crippen LogP contribution in [0.25, 0.3) is 0 Å². The van der Waals surface area contributed by atoms with Gasteiger partial charge in [-0.25, -0.2) is 0 Å². The molecule has 0 bridgehead atoms. The second kappa shape index (κ2) is 6.57. The first-order valence-electron chi connectivity index (χ1n) is 9.67. The highest BCUT2D eigenvalue weighted by molar-refractivity contribution is 5.88. The third-order valence-corrected chi connectivity index (χ3v) is 7.64. The Kier molecular flexibility index (Phi) is 4.69. The molecular formula is C19H31NO5. The Labute approximate surface area is 149 Å². The number of aliphatic hydroxyl groups excluding tert-OH is 2. The summed E-state index contributed by atoms with van der Waals surface area (Å²) < 4.78 is 11.4. The molecule has 6 heteroatoms. The van der Waals surface area contributed by atoms with Gasteiger partial charge in [0.2, 0.25) is 0 Å². The number of piperidine rings is 1. The maximum atomic E-state index is 13.3. The molecule has 1 saturated heterocycles. The first-order chi connectivity index (χ1) is 12.0. The summed E-state index contributed by atoms with van der Waals surface area (Å²) in [5, 5.41) is 21.9. The smallest absolute Gasteiger partial charge is 0.153 e. The Morgan fingerprint density at radius 3 is 2.40 bits per heavy atom. The number of aliphatic hydroxyl groups is 2. The zero-order chi connectivity index (χ0) is 17.9. The summed E-state index contributed by atoms with van der Waals surface area (Å²) in [5.74, 6) is 0.0989. The SMILES string of the molecule is COC1C(O)C2C3C(O)CCCC3C(=O)C3C2C(CCN3C)C1OC. The number of rotatable bonds is 2. The van der Waals surface area contributed by atoms with Crippen LogP contribution in [0.4, 0.5) is 0 Å². The molecule has 25 heavy (non-hydrogen) atoms. The summed E-state index contributed by atoms with van der Waals surface area (Å²) >= 11 is 0. The van der Waals surface area contributed by atoms with Gasteiger partial charge in [0.05, 0.1) is 24.4 Å². The Morgan fingerprint density at radius 2 is 1.72 bits per heavy atom. The fourth-order valence-electron chi connectivity index (χ4n) is 6.73. The molecule has 4 aliphatic rings. The van der Waals surface area contributed by atoms with Crippen molar-refractivity contribution < 1.29 is 24.5 Å². The quantitative estimate of drug-likeness (QED) is 0.744. The Balaban J connectivity index is 1.80. The van der Waals surface area contributed by atoms with Gasteiger partial charge in [-0.3, -0.25) is 9.69 Å². The third kappa shape index (κ3) is 2.45. The summed E-state index contributed by atoms with van der Waals surface area (Å²) in [6, 6.07) is -0.166. The van der Waals surface area contributed by atoms with Gasteiger partial charge >= 0.3 is 0 Å². The number of hydrogen-bond donors (Lipinski definition) is 2. The Bertz CT molecular complexity index is 528. The summed E-state index contributed by atoms with van der Waals surface area (Å²) in [7, 11) is 5.31. The molecule has 0 aromatic rings. The normalized spacial score (nSPS) is 53.2. The average molecular weight is 353 g/mol. The average Bonchev–Trinajstić information content (AvgIpc) is 2.60. The minimum absolute atomic E-state index is 0.0339. The van der Waals surface area contributed by atoms with Crippen LogP contribution in [-0.4, -0.2) is 79.2 Å². The van der Waals surface area contributed by atoms with Crippen LogP contribution in [0.3, 0.4) is 0 Å². The summed E-state index contributed by atoms with van der Waals surface area (Å²) in [5.41, 5.74) is 0. The van der Waals surface area contributed by atoms with E-state index in [9.17, 15) is 15.0 Å².